The molecule has 0 bridgehead atoms. The minimum Gasteiger partial charge on any atom is -0.352 e. The topological polar surface area (TPSA) is 37.3 Å². The lowest BCUT2D eigenvalue weighted by Gasteiger charge is -2.44. The summed E-state index contributed by atoms with van der Waals surface area (Å²) in [4.78, 5) is 15.3. The molecule has 1 N–H and O–H groups in total. The Balaban J connectivity index is 1.33. The number of nitrogens with one attached hydrogen (secondary N) is 1. The highest BCUT2D eigenvalue weighted by Gasteiger charge is 2.32. The van der Waals surface area contributed by atoms with Crippen LogP contribution in [0.3, 0.4) is 0 Å². The predicted octanol–water partition coefficient (Wildman–Crippen LogP) is 4.15. The molecule has 2 aromatic rings. The average molecular weight is 380 g/mol. The lowest BCUT2D eigenvalue weighted by atomic mass is 9.83. The van der Waals surface area contributed by atoms with Crippen LogP contribution in [0, 0.1) is 19.8 Å². The second kappa shape index (κ2) is 8.52. The lowest BCUT2D eigenvalue weighted by molar-refractivity contribution is 0.0575. The molecule has 2 fully saturated rings. The van der Waals surface area contributed by atoms with Crippen molar-refractivity contribution < 1.29 is 4.79 Å². The first-order chi connectivity index (χ1) is 13.6. The Bertz CT molecular complexity index is 786. The monoisotopic (exact) mass is 379 g/mol. The van der Waals surface area contributed by atoms with E-state index in [1.165, 1.54) is 62.1 Å². The Hall–Kier alpha value is -2.07. The zero-order valence-corrected chi connectivity index (χ0v) is 17.3. The van der Waals surface area contributed by atoms with Crippen molar-refractivity contribution in [3.8, 4) is 0 Å². The Morgan fingerprint density at radius 2 is 1.68 bits per heavy atom. The van der Waals surface area contributed by atoms with E-state index in [1.54, 1.807) is 0 Å². The summed E-state index contributed by atoms with van der Waals surface area (Å²) in [6.07, 6.45) is 6.49. The molecule has 4 nitrogen and oxygen atoms in total. The molecular formula is C24H33N3O. The first-order valence-corrected chi connectivity index (χ1v) is 10.9. The van der Waals surface area contributed by atoms with Crippen molar-refractivity contribution >= 4 is 5.91 Å². The second-order valence-corrected chi connectivity index (χ2v) is 8.61. The first-order valence-electron chi connectivity index (χ1n) is 10.9. The Labute approximate surface area is 168 Å². The van der Waals surface area contributed by atoms with Crippen LogP contribution in [0.2, 0.25) is 0 Å². The number of fused-ring (bicyclic) bond motifs is 1. The van der Waals surface area contributed by atoms with Crippen LogP contribution < -0.4 is 5.32 Å². The van der Waals surface area contributed by atoms with Gasteiger partial charge in [-0.25, -0.2) is 0 Å². The van der Waals surface area contributed by atoms with E-state index in [0.29, 0.717) is 12.0 Å². The van der Waals surface area contributed by atoms with Crippen molar-refractivity contribution in [2.45, 2.75) is 58.5 Å². The largest absolute Gasteiger partial charge is 0.352 e. The maximum absolute atomic E-state index is 12.7. The summed E-state index contributed by atoms with van der Waals surface area (Å²) < 4.78 is 2.30. The number of piperidine rings is 2. The molecule has 1 amide bonds. The van der Waals surface area contributed by atoms with Gasteiger partial charge in [0, 0.05) is 36.1 Å². The normalized spacial score (nSPS) is 22.6. The molecule has 2 saturated heterocycles. The molecule has 28 heavy (non-hydrogen) atoms. The van der Waals surface area contributed by atoms with E-state index < -0.39 is 0 Å². The minimum absolute atomic E-state index is 0.0628. The maximum Gasteiger partial charge on any atom is 0.251 e. The van der Waals surface area contributed by atoms with Gasteiger partial charge in [-0.2, -0.15) is 0 Å². The summed E-state index contributed by atoms with van der Waals surface area (Å²) in [5, 5.41) is 3.21. The van der Waals surface area contributed by atoms with Crippen LogP contribution in [0.1, 0.15) is 59.4 Å². The van der Waals surface area contributed by atoms with E-state index in [1.807, 2.05) is 12.1 Å². The summed E-state index contributed by atoms with van der Waals surface area (Å²) in [7, 11) is 0. The summed E-state index contributed by atoms with van der Waals surface area (Å²) >= 11 is 0. The van der Waals surface area contributed by atoms with Crippen LogP contribution in [-0.2, 0) is 6.54 Å². The molecule has 0 aliphatic carbocycles. The molecule has 2 aliphatic rings. The highest BCUT2D eigenvalue weighted by atomic mass is 16.1. The molecule has 2 atom stereocenters. The SMILES string of the molecule is Cc1ccc(C)n1Cc1ccc(C(=O)NC[C@@H]2CCCN3CCCCC23)cc1. The number of nitrogens with zero attached hydrogens (tertiary/aromatic N) is 2. The molecule has 0 radical (unpaired) electrons. The van der Waals surface area contributed by atoms with Gasteiger partial charge in [0.15, 0.2) is 0 Å². The lowest BCUT2D eigenvalue weighted by Crippen LogP contribution is -2.51. The zero-order chi connectivity index (χ0) is 19.5. The fourth-order valence-corrected chi connectivity index (χ4v) is 5.03. The Kier molecular flexibility index (Phi) is 5.86. The first kappa shape index (κ1) is 19.3. The smallest absolute Gasteiger partial charge is 0.251 e. The third-order valence-corrected chi connectivity index (χ3v) is 6.73. The number of amides is 1. The molecule has 0 spiro atoms. The number of carbonyl (C=O) groups is 1. The average Bonchev–Trinajstić information content (AvgIpc) is 3.04. The van der Waals surface area contributed by atoms with Crippen molar-refractivity contribution in [2.24, 2.45) is 5.92 Å². The molecule has 1 aromatic carbocycles. The molecular weight excluding hydrogens is 346 g/mol. The van der Waals surface area contributed by atoms with Crippen molar-refractivity contribution in [2.75, 3.05) is 19.6 Å². The van der Waals surface area contributed by atoms with Crippen LogP contribution in [0.15, 0.2) is 36.4 Å². The summed E-state index contributed by atoms with van der Waals surface area (Å²) in [6.45, 7) is 8.42. The molecule has 4 rings (SSSR count). The van der Waals surface area contributed by atoms with Gasteiger partial charge in [0.2, 0.25) is 0 Å². The van der Waals surface area contributed by atoms with Gasteiger partial charge >= 0.3 is 0 Å². The van der Waals surface area contributed by atoms with Gasteiger partial charge in [-0.3, -0.25) is 4.79 Å². The predicted molar refractivity (Wildman–Crippen MR) is 114 cm³/mol. The number of aryl methyl sites for hydroxylation is 2. The summed E-state index contributed by atoms with van der Waals surface area (Å²) in [5.74, 6) is 0.671. The van der Waals surface area contributed by atoms with E-state index in [-0.39, 0.29) is 5.91 Å². The molecule has 150 valence electrons. The highest BCUT2D eigenvalue weighted by molar-refractivity contribution is 5.94. The van der Waals surface area contributed by atoms with Crippen molar-refractivity contribution in [1.29, 1.82) is 0 Å². The van der Waals surface area contributed by atoms with Gasteiger partial charge < -0.3 is 14.8 Å². The molecule has 2 aliphatic heterocycles. The standard InChI is InChI=1S/C24H33N3O/c1-18-8-9-19(2)27(18)17-20-10-12-21(13-11-20)24(28)25-16-22-6-5-15-26-14-4-3-7-23(22)26/h8-13,22-23H,3-7,14-17H2,1-2H3,(H,25,28)/t22-,23?/m0/s1. The zero-order valence-electron chi connectivity index (χ0n) is 17.3. The number of hydrogen-bond donors (Lipinski definition) is 1. The third kappa shape index (κ3) is 4.17. The van der Waals surface area contributed by atoms with Crippen LogP contribution in [-0.4, -0.2) is 41.1 Å². The van der Waals surface area contributed by atoms with Gasteiger partial charge in [-0.1, -0.05) is 18.6 Å². The Morgan fingerprint density at radius 1 is 0.964 bits per heavy atom. The van der Waals surface area contributed by atoms with Crippen molar-refractivity contribution in [3.63, 3.8) is 0 Å². The Morgan fingerprint density at radius 3 is 2.43 bits per heavy atom. The number of aromatic nitrogens is 1. The fraction of sp³-hybridized carbons (Fsp3) is 0.542. The molecule has 4 heteroatoms. The fourth-order valence-electron chi connectivity index (χ4n) is 5.03. The molecule has 3 heterocycles. The van der Waals surface area contributed by atoms with Gasteiger partial charge in [-0.05, 0) is 88.4 Å². The quantitative estimate of drug-likeness (QED) is 0.847. The highest BCUT2D eigenvalue weighted by Crippen LogP contribution is 2.30. The summed E-state index contributed by atoms with van der Waals surface area (Å²) in [6, 6.07) is 13.1. The number of hydrogen-bond acceptors (Lipinski definition) is 2. The third-order valence-electron chi connectivity index (χ3n) is 6.73. The number of benzene rings is 1. The molecule has 1 aromatic heterocycles. The van der Waals surface area contributed by atoms with Crippen LogP contribution in [0.4, 0.5) is 0 Å². The summed E-state index contributed by atoms with van der Waals surface area (Å²) in [5.41, 5.74) is 4.53. The van der Waals surface area contributed by atoms with Gasteiger partial charge in [0.1, 0.15) is 0 Å². The molecule has 0 saturated carbocycles. The maximum atomic E-state index is 12.7. The van der Waals surface area contributed by atoms with Crippen LogP contribution in [0.25, 0.3) is 0 Å². The van der Waals surface area contributed by atoms with Gasteiger partial charge in [-0.15, -0.1) is 0 Å². The van der Waals surface area contributed by atoms with Crippen molar-refractivity contribution in [1.82, 2.24) is 14.8 Å². The number of rotatable bonds is 5. The minimum atomic E-state index is 0.0628. The van der Waals surface area contributed by atoms with Gasteiger partial charge in [0.05, 0.1) is 0 Å². The van der Waals surface area contributed by atoms with Gasteiger partial charge in [0.25, 0.3) is 5.91 Å². The van der Waals surface area contributed by atoms with E-state index >= 15 is 0 Å². The van der Waals surface area contributed by atoms with E-state index in [4.69, 9.17) is 0 Å². The van der Waals surface area contributed by atoms with E-state index in [2.05, 4.69) is 52.9 Å². The van der Waals surface area contributed by atoms with E-state index in [0.717, 1.165) is 18.7 Å². The van der Waals surface area contributed by atoms with Crippen molar-refractivity contribution in [3.05, 3.63) is 58.9 Å². The molecule has 1 unspecified atom stereocenters. The van der Waals surface area contributed by atoms with Crippen LogP contribution >= 0.6 is 0 Å². The van der Waals surface area contributed by atoms with Crippen LogP contribution in [0.5, 0.6) is 0 Å². The number of carbonyl (C=O) groups excluding carboxylic acids is 1. The van der Waals surface area contributed by atoms with E-state index in [9.17, 15) is 4.79 Å². The second-order valence-electron chi connectivity index (χ2n) is 8.61.